The summed E-state index contributed by atoms with van der Waals surface area (Å²) in [5, 5.41) is 10.3. The van der Waals surface area contributed by atoms with Crippen LogP contribution in [0.15, 0.2) is 60.7 Å². The summed E-state index contributed by atoms with van der Waals surface area (Å²) >= 11 is 0. The van der Waals surface area contributed by atoms with Gasteiger partial charge in [0.1, 0.15) is 6.10 Å². The minimum Gasteiger partial charge on any atom is -0.452 e. The molecule has 0 aromatic heterocycles. The number of esters is 2. The Morgan fingerprint density at radius 2 is 1.37 bits per heavy atom. The summed E-state index contributed by atoms with van der Waals surface area (Å²) in [6.07, 6.45) is -4.41. The second-order valence-electron chi connectivity index (χ2n) is 5.98. The van der Waals surface area contributed by atoms with E-state index in [0.717, 1.165) is 0 Å². The van der Waals surface area contributed by atoms with Crippen molar-refractivity contribution in [2.45, 2.75) is 24.6 Å². The Morgan fingerprint density at radius 1 is 0.889 bits per heavy atom. The molecule has 4 atom stereocenters. The van der Waals surface area contributed by atoms with Crippen molar-refractivity contribution in [3.63, 3.8) is 0 Å². The van der Waals surface area contributed by atoms with Crippen molar-refractivity contribution in [2.75, 3.05) is 13.7 Å². The summed E-state index contributed by atoms with van der Waals surface area (Å²) in [5.41, 5.74) is 0.638. The normalized spacial score (nSPS) is 24.8. The summed E-state index contributed by atoms with van der Waals surface area (Å²) in [5.74, 6) is -1.28. The number of carbonyl (C=O) groups is 2. The molecule has 1 saturated heterocycles. The zero-order valence-electron chi connectivity index (χ0n) is 14.7. The van der Waals surface area contributed by atoms with E-state index in [0.29, 0.717) is 11.1 Å². The van der Waals surface area contributed by atoms with Crippen LogP contribution < -0.4 is 0 Å². The van der Waals surface area contributed by atoms with E-state index in [-0.39, 0.29) is 6.61 Å². The van der Waals surface area contributed by atoms with Crippen molar-refractivity contribution in [1.29, 1.82) is 0 Å². The molecule has 27 heavy (non-hydrogen) atoms. The minimum absolute atomic E-state index is 0.120. The first-order valence-electron chi connectivity index (χ1n) is 8.44. The van der Waals surface area contributed by atoms with Gasteiger partial charge in [-0.05, 0) is 24.3 Å². The number of aliphatic hydroxyl groups excluding tert-OH is 1. The quantitative estimate of drug-likeness (QED) is 0.800. The van der Waals surface area contributed by atoms with Crippen molar-refractivity contribution < 1.29 is 33.6 Å². The van der Waals surface area contributed by atoms with Crippen molar-refractivity contribution >= 4 is 11.9 Å². The number of ether oxygens (including phenoxy) is 4. The summed E-state index contributed by atoms with van der Waals surface area (Å²) in [7, 11) is 1.38. The van der Waals surface area contributed by atoms with E-state index in [1.807, 2.05) is 0 Å². The third-order valence-corrected chi connectivity index (χ3v) is 4.14. The lowest BCUT2D eigenvalue weighted by molar-refractivity contribution is -0.260. The number of hydrogen-bond donors (Lipinski definition) is 1. The second kappa shape index (κ2) is 8.77. The number of hydrogen-bond acceptors (Lipinski definition) is 7. The SMILES string of the molecule is CO[C@@H]1OC[C@@H](O)[C@@H](OC(=O)c2ccccc2)[C@H]1OC(=O)c1ccccc1. The van der Waals surface area contributed by atoms with Gasteiger partial charge in [0.2, 0.25) is 0 Å². The predicted octanol–water partition coefficient (Wildman–Crippen LogP) is 1.80. The molecule has 7 heteroatoms. The summed E-state index contributed by atoms with van der Waals surface area (Å²) < 4.78 is 21.5. The molecule has 2 aromatic carbocycles. The molecular formula is C20H20O7. The maximum Gasteiger partial charge on any atom is 0.338 e. The number of benzene rings is 2. The highest BCUT2D eigenvalue weighted by Crippen LogP contribution is 2.24. The van der Waals surface area contributed by atoms with Crippen LogP contribution in [0.1, 0.15) is 20.7 Å². The average molecular weight is 372 g/mol. The van der Waals surface area contributed by atoms with Crippen LogP contribution in [-0.2, 0) is 18.9 Å². The zero-order chi connectivity index (χ0) is 19.2. The Kier molecular flexibility index (Phi) is 6.18. The lowest BCUT2D eigenvalue weighted by atomic mass is 10.0. The maximum absolute atomic E-state index is 12.4. The van der Waals surface area contributed by atoms with E-state index in [1.165, 1.54) is 7.11 Å². The molecule has 0 spiro atoms. The van der Waals surface area contributed by atoms with Gasteiger partial charge in [0.25, 0.3) is 0 Å². The van der Waals surface area contributed by atoms with Crippen molar-refractivity contribution in [3.05, 3.63) is 71.8 Å². The molecule has 0 saturated carbocycles. The molecule has 1 N–H and O–H groups in total. The van der Waals surface area contributed by atoms with Gasteiger partial charge < -0.3 is 24.1 Å². The van der Waals surface area contributed by atoms with E-state index in [1.54, 1.807) is 60.7 Å². The van der Waals surface area contributed by atoms with Crippen LogP contribution in [0.4, 0.5) is 0 Å². The van der Waals surface area contributed by atoms with E-state index >= 15 is 0 Å². The van der Waals surface area contributed by atoms with E-state index in [4.69, 9.17) is 18.9 Å². The smallest absolute Gasteiger partial charge is 0.338 e. The van der Waals surface area contributed by atoms with Crippen molar-refractivity contribution in [2.24, 2.45) is 0 Å². The Balaban J connectivity index is 1.79. The zero-order valence-corrected chi connectivity index (χ0v) is 14.7. The number of carbonyl (C=O) groups excluding carboxylic acids is 2. The Hall–Kier alpha value is -2.74. The van der Waals surface area contributed by atoms with Gasteiger partial charge in [0, 0.05) is 7.11 Å². The fourth-order valence-electron chi connectivity index (χ4n) is 2.76. The monoisotopic (exact) mass is 372 g/mol. The molecule has 7 nitrogen and oxygen atoms in total. The summed E-state index contributed by atoms with van der Waals surface area (Å²) in [6.45, 7) is -0.120. The number of methoxy groups -OCH3 is 1. The molecule has 1 aliphatic rings. The van der Waals surface area contributed by atoms with Crippen LogP contribution in [0, 0.1) is 0 Å². The molecule has 2 aromatic rings. The third kappa shape index (κ3) is 4.51. The highest BCUT2D eigenvalue weighted by Gasteiger charge is 2.45. The first kappa shape index (κ1) is 19.0. The number of aliphatic hydroxyl groups is 1. The summed E-state index contributed by atoms with van der Waals surface area (Å²) in [6, 6.07) is 16.7. The average Bonchev–Trinajstić information content (AvgIpc) is 2.72. The van der Waals surface area contributed by atoms with Gasteiger partial charge in [0.15, 0.2) is 18.5 Å². The molecule has 1 aliphatic heterocycles. The van der Waals surface area contributed by atoms with Crippen LogP contribution in [0.5, 0.6) is 0 Å². The topological polar surface area (TPSA) is 91.3 Å². The van der Waals surface area contributed by atoms with E-state index < -0.39 is 36.5 Å². The van der Waals surface area contributed by atoms with Crippen LogP contribution in [0.25, 0.3) is 0 Å². The van der Waals surface area contributed by atoms with Crippen molar-refractivity contribution in [3.8, 4) is 0 Å². The molecular weight excluding hydrogens is 352 g/mol. The first-order valence-corrected chi connectivity index (χ1v) is 8.44. The Morgan fingerprint density at radius 3 is 1.85 bits per heavy atom. The molecule has 3 rings (SSSR count). The Bertz CT molecular complexity index is 762. The van der Waals surface area contributed by atoms with Crippen LogP contribution in [0.3, 0.4) is 0 Å². The molecule has 0 unspecified atom stereocenters. The van der Waals surface area contributed by atoms with Gasteiger partial charge in [0.05, 0.1) is 17.7 Å². The van der Waals surface area contributed by atoms with Gasteiger partial charge in [-0.3, -0.25) is 0 Å². The lowest BCUT2D eigenvalue weighted by Crippen LogP contribution is -2.57. The van der Waals surface area contributed by atoms with Crippen LogP contribution >= 0.6 is 0 Å². The second-order valence-corrected chi connectivity index (χ2v) is 5.98. The van der Waals surface area contributed by atoms with E-state index in [2.05, 4.69) is 0 Å². The largest absolute Gasteiger partial charge is 0.452 e. The highest BCUT2D eigenvalue weighted by atomic mass is 16.7. The Labute approximate surface area is 156 Å². The molecule has 0 bridgehead atoms. The molecule has 0 radical (unpaired) electrons. The molecule has 0 amide bonds. The molecule has 1 heterocycles. The standard InChI is InChI=1S/C20H20O7/c1-24-20-17(27-19(23)14-10-6-3-7-11-14)16(15(21)12-25-20)26-18(22)13-8-4-2-5-9-13/h2-11,15-17,20-21H,12H2,1H3/t15-,16-,17-,20-/m1/s1. The fourth-order valence-corrected chi connectivity index (χ4v) is 2.76. The molecule has 1 fully saturated rings. The highest BCUT2D eigenvalue weighted by molar-refractivity contribution is 5.90. The van der Waals surface area contributed by atoms with Gasteiger partial charge in [-0.2, -0.15) is 0 Å². The van der Waals surface area contributed by atoms with E-state index in [9.17, 15) is 14.7 Å². The fraction of sp³-hybridized carbons (Fsp3) is 0.300. The summed E-state index contributed by atoms with van der Waals surface area (Å²) in [4.78, 5) is 24.8. The van der Waals surface area contributed by atoms with Crippen LogP contribution in [0.2, 0.25) is 0 Å². The minimum atomic E-state index is -1.17. The first-order chi connectivity index (χ1) is 13.1. The van der Waals surface area contributed by atoms with Gasteiger partial charge in [-0.25, -0.2) is 9.59 Å². The molecule has 0 aliphatic carbocycles. The predicted molar refractivity (Wildman–Crippen MR) is 94.0 cm³/mol. The van der Waals surface area contributed by atoms with Gasteiger partial charge >= 0.3 is 11.9 Å². The van der Waals surface area contributed by atoms with Crippen LogP contribution in [-0.4, -0.2) is 55.4 Å². The van der Waals surface area contributed by atoms with Gasteiger partial charge in [-0.15, -0.1) is 0 Å². The number of rotatable bonds is 5. The lowest BCUT2D eigenvalue weighted by Gasteiger charge is -2.38. The maximum atomic E-state index is 12.4. The van der Waals surface area contributed by atoms with Crippen molar-refractivity contribution in [1.82, 2.24) is 0 Å². The molecule has 142 valence electrons. The third-order valence-electron chi connectivity index (χ3n) is 4.14. The van der Waals surface area contributed by atoms with Gasteiger partial charge in [-0.1, -0.05) is 36.4 Å².